The molecule has 0 aliphatic heterocycles. The van der Waals surface area contributed by atoms with E-state index in [0.29, 0.717) is 0 Å². The Balaban J connectivity index is 3.19. The summed E-state index contributed by atoms with van der Waals surface area (Å²) in [5, 5.41) is 11.7. The van der Waals surface area contributed by atoms with E-state index in [1.807, 2.05) is 58.0 Å². The van der Waals surface area contributed by atoms with Gasteiger partial charge in [0.05, 0.1) is 17.9 Å². The average Bonchev–Trinajstić information content (AvgIpc) is 2.38. The van der Waals surface area contributed by atoms with Crippen LogP contribution in [0.4, 0.5) is 0 Å². The van der Waals surface area contributed by atoms with Gasteiger partial charge in [0.15, 0.2) is 0 Å². The van der Waals surface area contributed by atoms with E-state index in [0.717, 1.165) is 5.56 Å². The fourth-order valence-corrected chi connectivity index (χ4v) is 4.44. The van der Waals surface area contributed by atoms with Gasteiger partial charge in [-0.25, -0.2) is 0 Å². The van der Waals surface area contributed by atoms with E-state index >= 15 is 0 Å². The molecular weight excluding hydrogens is 289 g/mol. The van der Waals surface area contributed by atoms with Crippen molar-refractivity contribution >= 4 is 13.8 Å². The lowest BCUT2D eigenvalue weighted by molar-refractivity contribution is 0.137. The minimum absolute atomic E-state index is 0.230. The number of hydrogen-bond acceptors (Lipinski definition) is 5. The summed E-state index contributed by atoms with van der Waals surface area (Å²) in [4.78, 5) is 0. The van der Waals surface area contributed by atoms with Crippen LogP contribution < -0.4 is 0 Å². The second-order valence-electron chi connectivity index (χ2n) is 5.31. The monoisotopic (exact) mass is 313 g/mol. The largest absolute Gasteiger partial charge is 0.411 e. The highest BCUT2D eigenvalue weighted by atomic mass is 31.2. The van der Waals surface area contributed by atoms with Crippen LogP contribution in [-0.2, 0) is 13.6 Å². The van der Waals surface area contributed by atoms with Gasteiger partial charge in [-0.2, -0.15) is 0 Å². The summed E-state index contributed by atoms with van der Waals surface area (Å²) < 4.78 is 24.6. The maximum absolute atomic E-state index is 13.3. The van der Waals surface area contributed by atoms with E-state index in [4.69, 9.17) is 14.3 Å². The Labute approximate surface area is 126 Å². The van der Waals surface area contributed by atoms with Crippen molar-refractivity contribution in [3.8, 4) is 0 Å². The molecule has 0 saturated heterocycles. The summed E-state index contributed by atoms with van der Waals surface area (Å²) in [6.45, 7) is 7.27. The molecule has 1 unspecified atom stereocenters. The Morgan fingerprint density at radius 2 is 1.67 bits per heavy atom. The van der Waals surface area contributed by atoms with Crippen molar-refractivity contribution in [1.29, 1.82) is 0 Å². The molecule has 6 heteroatoms. The van der Waals surface area contributed by atoms with Crippen LogP contribution >= 0.6 is 7.60 Å². The zero-order chi connectivity index (χ0) is 15.9. The Morgan fingerprint density at radius 1 is 1.14 bits per heavy atom. The summed E-state index contributed by atoms with van der Waals surface area (Å²) in [7, 11) is -3.40. The topological polar surface area (TPSA) is 68.1 Å². The highest BCUT2D eigenvalue weighted by Crippen LogP contribution is 2.63. The average molecular weight is 313 g/mol. The minimum atomic E-state index is -3.40. The Kier molecular flexibility index (Phi) is 7.09. The summed E-state index contributed by atoms with van der Waals surface area (Å²) in [6, 6.07) is 9.37. The molecule has 0 amide bonds. The summed E-state index contributed by atoms with van der Waals surface area (Å²) in [6.07, 6.45) is 1.13. The van der Waals surface area contributed by atoms with Crippen LogP contribution in [0, 0.1) is 0 Å². The molecule has 118 valence electrons. The molecule has 1 N–H and O–H groups in total. The second kappa shape index (κ2) is 8.32. The van der Waals surface area contributed by atoms with Crippen LogP contribution in [0.25, 0.3) is 0 Å². The van der Waals surface area contributed by atoms with Gasteiger partial charge in [0, 0.05) is 12.6 Å². The minimum Gasteiger partial charge on any atom is -0.411 e. The molecule has 0 aliphatic carbocycles. The van der Waals surface area contributed by atoms with Crippen molar-refractivity contribution in [2.75, 3.05) is 0 Å². The molecule has 1 rings (SSSR count). The molecule has 0 heterocycles. The molecule has 0 spiro atoms. The van der Waals surface area contributed by atoms with Gasteiger partial charge in [-0.05, 0) is 33.3 Å². The molecule has 5 nitrogen and oxygen atoms in total. The Bertz CT molecular complexity index is 474. The predicted octanol–water partition coefficient (Wildman–Crippen LogP) is 4.62. The first kappa shape index (κ1) is 17.9. The van der Waals surface area contributed by atoms with Crippen LogP contribution in [0.15, 0.2) is 35.5 Å². The van der Waals surface area contributed by atoms with Crippen molar-refractivity contribution in [2.24, 2.45) is 5.16 Å². The fraction of sp³-hybridized carbons (Fsp3) is 0.533. The quantitative estimate of drug-likeness (QED) is 0.329. The molecule has 1 aromatic carbocycles. The Hall–Kier alpha value is -1.16. The lowest BCUT2D eigenvalue weighted by Gasteiger charge is -2.29. The van der Waals surface area contributed by atoms with Gasteiger partial charge in [-0.1, -0.05) is 30.3 Å². The predicted molar refractivity (Wildman–Crippen MR) is 84.1 cm³/mol. The number of rotatable bonds is 8. The van der Waals surface area contributed by atoms with Crippen molar-refractivity contribution in [2.45, 2.75) is 52.0 Å². The van der Waals surface area contributed by atoms with Gasteiger partial charge in [0.1, 0.15) is 0 Å². The normalized spacial score (nSPS) is 14.2. The van der Waals surface area contributed by atoms with E-state index in [9.17, 15) is 4.57 Å². The maximum atomic E-state index is 13.3. The van der Waals surface area contributed by atoms with E-state index in [1.165, 1.54) is 6.21 Å². The van der Waals surface area contributed by atoms with Crippen molar-refractivity contribution in [1.82, 2.24) is 0 Å². The van der Waals surface area contributed by atoms with Gasteiger partial charge in [-0.3, -0.25) is 4.57 Å². The first-order chi connectivity index (χ1) is 9.89. The Morgan fingerprint density at radius 3 is 2.10 bits per heavy atom. The van der Waals surface area contributed by atoms with Gasteiger partial charge in [0.25, 0.3) is 0 Å². The summed E-state index contributed by atoms with van der Waals surface area (Å²) >= 11 is 0. The molecule has 1 aromatic rings. The summed E-state index contributed by atoms with van der Waals surface area (Å²) in [5.41, 5.74) is 0.335. The van der Waals surface area contributed by atoms with Crippen molar-refractivity contribution < 1.29 is 18.8 Å². The second-order valence-corrected chi connectivity index (χ2v) is 7.43. The van der Waals surface area contributed by atoms with Gasteiger partial charge in [0.2, 0.25) is 0 Å². The van der Waals surface area contributed by atoms with Crippen LogP contribution in [-0.4, -0.2) is 23.6 Å². The van der Waals surface area contributed by atoms with Crippen molar-refractivity contribution in [3.63, 3.8) is 0 Å². The molecule has 1 atom stereocenters. The number of hydrogen-bond donors (Lipinski definition) is 1. The summed E-state index contributed by atoms with van der Waals surface area (Å²) in [5.74, 6) is 0. The third-order valence-electron chi connectivity index (χ3n) is 2.69. The van der Waals surface area contributed by atoms with Gasteiger partial charge < -0.3 is 14.3 Å². The lowest BCUT2D eigenvalue weighted by atomic mass is 10.1. The molecule has 0 radical (unpaired) electrons. The SMILES string of the molecule is CC(C)OP(=O)(OC(C)C)C(CC=NO)c1ccccc1. The standard InChI is InChI=1S/C15H24NO4P/c1-12(2)19-21(18,20-13(3)4)15(10-11-16-17)14-8-6-5-7-9-14/h5-9,11-13,15,17H,10H2,1-4H3. The fourth-order valence-electron chi connectivity index (χ4n) is 2.03. The third-order valence-corrected chi connectivity index (χ3v) is 5.40. The highest BCUT2D eigenvalue weighted by Gasteiger charge is 2.38. The van der Waals surface area contributed by atoms with E-state index in [-0.39, 0.29) is 18.6 Å². The van der Waals surface area contributed by atoms with Crippen LogP contribution in [0.2, 0.25) is 0 Å². The number of oxime groups is 1. The third kappa shape index (κ3) is 5.62. The first-order valence-electron chi connectivity index (χ1n) is 7.06. The van der Waals surface area contributed by atoms with Crippen molar-refractivity contribution in [3.05, 3.63) is 35.9 Å². The van der Waals surface area contributed by atoms with Crippen LogP contribution in [0.3, 0.4) is 0 Å². The van der Waals surface area contributed by atoms with Crippen LogP contribution in [0.1, 0.15) is 45.3 Å². The van der Waals surface area contributed by atoms with E-state index in [2.05, 4.69) is 5.16 Å². The number of benzene rings is 1. The smallest absolute Gasteiger partial charge is 0.338 e. The van der Waals surface area contributed by atoms with Gasteiger partial charge in [-0.15, -0.1) is 5.16 Å². The molecule has 0 fully saturated rings. The lowest BCUT2D eigenvalue weighted by Crippen LogP contribution is -2.14. The van der Waals surface area contributed by atoms with Crippen LogP contribution in [0.5, 0.6) is 0 Å². The molecular formula is C15H24NO4P. The first-order valence-corrected chi connectivity index (χ1v) is 8.67. The zero-order valence-electron chi connectivity index (χ0n) is 13.0. The highest BCUT2D eigenvalue weighted by molar-refractivity contribution is 7.54. The van der Waals surface area contributed by atoms with E-state index in [1.54, 1.807) is 0 Å². The zero-order valence-corrected chi connectivity index (χ0v) is 13.9. The van der Waals surface area contributed by atoms with E-state index < -0.39 is 13.3 Å². The maximum Gasteiger partial charge on any atom is 0.338 e. The number of nitrogens with zero attached hydrogens (tertiary/aromatic N) is 1. The molecule has 0 aromatic heterocycles. The molecule has 0 bridgehead atoms. The molecule has 0 aliphatic rings. The van der Waals surface area contributed by atoms with Gasteiger partial charge >= 0.3 is 7.60 Å². The molecule has 0 saturated carbocycles. The molecule has 21 heavy (non-hydrogen) atoms.